The Kier molecular flexibility index (Phi) is 4.30. The van der Waals surface area contributed by atoms with E-state index in [1.165, 1.54) is 26.4 Å². The average molecular weight is 262 g/mol. The van der Waals surface area contributed by atoms with Crippen LogP contribution in [0.25, 0.3) is 0 Å². The molecule has 4 nitrogen and oxygen atoms in total. The molecule has 1 aromatic carbocycles. The lowest BCUT2D eigenvalue weighted by Gasteiger charge is -2.13. The summed E-state index contributed by atoms with van der Waals surface area (Å²) in [5.74, 6) is 1.17. The fourth-order valence-corrected chi connectivity index (χ4v) is 2.73. The standard InChI is InChI=1S/C15H22N2O2/c1-10-3-4-11(7-10)9-17-12-5-6-14(16)13(8-12)15(18)19-2/h5-6,8,10-11,17H,3-4,7,9,16H2,1-2H3. The summed E-state index contributed by atoms with van der Waals surface area (Å²) in [5, 5.41) is 3.39. The second-order valence-corrected chi connectivity index (χ2v) is 5.46. The van der Waals surface area contributed by atoms with Crippen LogP contribution in [-0.4, -0.2) is 19.6 Å². The van der Waals surface area contributed by atoms with Gasteiger partial charge in [-0.3, -0.25) is 0 Å². The number of carbonyl (C=O) groups is 1. The lowest BCUT2D eigenvalue weighted by molar-refractivity contribution is 0.0602. The molecule has 1 aromatic rings. The van der Waals surface area contributed by atoms with Crippen molar-refractivity contribution < 1.29 is 9.53 Å². The fourth-order valence-electron chi connectivity index (χ4n) is 2.73. The minimum absolute atomic E-state index is 0.393. The van der Waals surface area contributed by atoms with Crippen molar-refractivity contribution in [1.82, 2.24) is 0 Å². The van der Waals surface area contributed by atoms with Crippen LogP contribution in [0.3, 0.4) is 0 Å². The highest BCUT2D eigenvalue weighted by molar-refractivity contribution is 5.96. The highest BCUT2D eigenvalue weighted by Gasteiger charge is 2.21. The SMILES string of the molecule is COC(=O)c1cc(NCC2CCC(C)C2)ccc1N. The van der Waals surface area contributed by atoms with E-state index in [2.05, 4.69) is 12.2 Å². The molecule has 2 atom stereocenters. The molecule has 0 aliphatic heterocycles. The third-order valence-electron chi connectivity index (χ3n) is 3.86. The van der Waals surface area contributed by atoms with Gasteiger partial charge in [-0.15, -0.1) is 0 Å². The molecule has 0 bridgehead atoms. The van der Waals surface area contributed by atoms with Gasteiger partial charge in [0.15, 0.2) is 0 Å². The summed E-state index contributed by atoms with van der Waals surface area (Å²) in [6.45, 7) is 3.26. The summed E-state index contributed by atoms with van der Waals surface area (Å²) in [6, 6.07) is 5.41. The third-order valence-corrected chi connectivity index (χ3v) is 3.86. The molecule has 19 heavy (non-hydrogen) atoms. The monoisotopic (exact) mass is 262 g/mol. The number of esters is 1. The Morgan fingerprint density at radius 2 is 2.26 bits per heavy atom. The normalized spacial score (nSPS) is 22.2. The van der Waals surface area contributed by atoms with Crippen LogP contribution in [0.1, 0.15) is 36.5 Å². The molecule has 2 unspecified atom stereocenters. The zero-order valence-corrected chi connectivity index (χ0v) is 11.6. The van der Waals surface area contributed by atoms with Gasteiger partial charge in [-0.25, -0.2) is 4.79 Å². The summed E-state index contributed by atoms with van der Waals surface area (Å²) in [6.07, 6.45) is 3.89. The van der Waals surface area contributed by atoms with Crippen LogP contribution < -0.4 is 11.1 Å². The zero-order valence-electron chi connectivity index (χ0n) is 11.6. The van der Waals surface area contributed by atoms with E-state index in [1.807, 2.05) is 6.07 Å². The Morgan fingerprint density at radius 3 is 2.89 bits per heavy atom. The van der Waals surface area contributed by atoms with E-state index in [9.17, 15) is 4.79 Å². The van der Waals surface area contributed by atoms with Crippen LogP contribution in [0.4, 0.5) is 11.4 Å². The Morgan fingerprint density at radius 1 is 1.47 bits per heavy atom. The van der Waals surface area contributed by atoms with Crippen LogP contribution in [-0.2, 0) is 4.74 Å². The highest BCUT2D eigenvalue weighted by atomic mass is 16.5. The lowest BCUT2D eigenvalue weighted by atomic mass is 10.1. The lowest BCUT2D eigenvalue weighted by Crippen LogP contribution is -2.12. The predicted molar refractivity (Wildman–Crippen MR) is 77.2 cm³/mol. The second kappa shape index (κ2) is 5.95. The van der Waals surface area contributed by atoms with Gasteiger partial charge in [0.25, 0.3) is 0 Å². The number of nitrogens with one attached hydrogen (secondary N) is 1. The van der Waals surface area contributed by atoms with E-state index in [0.29, 0.717) is 11.3 Å². The van der Waals surface area contributed by atoms with E-state index in [-0.39, 0.29) is 0 Å². The van der Waals surface area contributed by atoms with Gasteiger partial charge in [-0.2, -0.15) is 0 Å². The van der Waals surface area contributed by atoms with Gasteiger partial charge in [-0.1, -0.05) is 13.3 Å². The molecule has 1 saturated carbocycles. The first-order valence-corrected chi connectivity index (χ1v) is 6.82. The maximum absolute atomic E-state index is 11.6. The Bertz CT molecular complexity index is 459. The van der Waals surface area contributed by atoms with Gasteiger partial charge in [0.1, 0.15) is 0 Å². The summed E-state index contributed by atoms with van der Waals surface area (Å²) >= 11 is 0. The third kappa shape index (κ3) is 3.40. The van der Waals surface area contributed by atoms with Crippen LogP contribution >= 0.6 is 0 Å². The topological polar surface area (TPSA) is 64.3 Å². The summed E-state index contributed by atoms with van der Waals surface area (Å²) < 4.78 is 4.72. The van der Waals surface area contributed by atoms with Crippen molar-refractivity contribution in [1.29, 1.82) is 0 Å². The van der Waals surface area contributed by atoms with Crippen molar-refractivity contribution in [2.75, 3.05) is 24.7 Å². The molecule has 0 aromatic heterocycles. The van der Waals surface area contributed by atoms with Gasteiger partial charge in [-0.05, 0) is 42.9 Å². The number of nitrogens with two attached hydrogens (primary N) is 1. The minimum Gasteiger partial charge on any atom is -0.465 e. The van der Waals surface area contributed by atoms with Crippen LogP contribution in [0.15, 0.2) is 18.2 Å². The van der Waals surface area contributed by atoms with E-state index >= 15 is 0 Å². The molecule has 4 heteroatoms. The molecule has 104 valence electrons. The quantitative estimate of drug-likeness (QED) is 0.647. The Balaban J connectivity index is 1.99. The largest absolute Gasteiger partial charge is 0.465 e. The number of benzene rings is 1. The molecular formula is C15H22N2O2. The molecular weight excluding hydrogens is 240 g/mol. The maximum atomic E-state index is 11.6. The van der Waals surface area contributed by atoms with Crippen LogP contribution in [0.2, 0.25) is 0 Å². The molecule has 0 spiro atoms. The van der Waals surface area contributed by atoms with Crippen molar-refractivity contribution in [3.8, 4) is 0 Å². The van der Waals surface area contributed by atoms with Gasteiger partial charge >= 0.3 is 5.97 Å². The van der Waals surface area contributed by atoms with Crippen LogP contribution in [0.5, 0.6) is 0 Å². The van der Waals surface area contributed by atoms with E-state index in [0.717, 1.165) is 24.1 Å². The molecule has 1 aliphatic rings. The summed E-state index contributed by atoms with van der Waals surface area (Å²) in [4.78, 5) is 11.6. The number of anilines is 2. The molecule has 1 fully saturated rings. The van der Waals surface area contributed by atoms with Crippen LogP contribution in [0, 0.1) is 11.8 Å². The molecule has 1 aliphatic carbocycles. The molecule has 0 radical (unpaired) electrons. The number of ether oxygens (including phenoxy) is 1. The van der Waals surface area contributed by atoms with E-state index < -0.39 is 5.97 Å². The number of methoxy groups -OCH3 is 1. The predicted octanol–water partition coefficient (Wildman–Crippen LogP) is 2.90. The van der Waals surface area contributed by atoms with Crippen molar-refractivity contribution in [3.63, 3.8) is 0 Å². The van der Waals surface area contributed by atoms with E-state index in [1.54, 1.807) is 12.1 Å². The number of nitrogen functional groups attached to an aromatic ring is 1. The van der Waals surface area contributed by atoms with Gasteiger partial charge in [0.2, 0.25) is 0 Å². The van der Waals surface area contributed by atoms with Gasteiger partial charge < -0.3 is 15.8 Å². The first kappa shape index (κ1) is 13.7. The molecule has 0 amide bonds. The average Bonchev–Trinajstić information content (AvgIpc) is 2.83. The second-order valence-electron chi connectivity index (χ2n) is 5.46. The molecule has 3 N–H and O–H groups in total. The Labute approximate surface area is 114 Å². The first-order valence-electron chi connectivity index (χ1n) is 6.82. The highest BCUT2D eigenvalue weighted by Crippen LogP contribution is 2.30. The van der Waals surface area contributed by atoms with Crippen molar-refractivity contribution in [3.05, 3.63) is 23.8 Å². The van der Waals surface area contributed by atoms with E-state index in [4.69, 9.17) is 10.5 Å². The number of carbonyl (C=O) groups excluding carboxylic acids is 1. The summed E-state index contributed by atoms with van der Waals surface area (Å²) in [5.41, 5.74) is 7.57. The van der Waals surface area contributed by atoms with Crippen molar-refractivity contribution in [2.45, 2.75) is 26.2 Å². The van der Waals surface area contributed by atoms with Gasteiger partial charge in [0.05, 0.1) is 12.7 Å². The van der Waals surface area contributed by atoms with Crippen molar-refractivity contribution >= 4 is 17.3 Å². The maximum Gasteiger partial charge on any atom is 0.340 e. The van der Waals surface area contributed by atoms with Crippen molar-refractivity contribution in [2.24, 2.45) is 11.8 Å². The molecule has 2 rings (SSSR count). The molecule has 0 heterocycles. The molecule has 0 saturated heterocycles. The first-order chi connectivity index (χ1) is 9.10. The number of rotatable bonds is 4. The summed E-state index contributed by atoms with van der Waals surface area (Å²) in [7, 11) is 1.36. The zero-order chi connectivity index (χ0) is 13.8. The number of hydrogen-bond donors (Lipinski definition) is 2. The minimum atomic E-state index is -0.393. The number of hydrogen-bond acceptors (Lipinski definition) is 4. The van der Waals surface area contributed by atoms with Gasteiger partial charge in [0, 0.05) is 17.9 Å². The fraction of sp³-hybridized carbons (Fsp3) is 0.533. The Hall–Kier alpha value is -1.71. The smallest absolute Gasteiger partial charge is 0.340 e.